The molecule has 6 nitrogen and oxygen atoms in total. The van der Waals surface area contributed by atoms with Gasteiger partial charge in [-0.15, -0.1) is 0 Å². The molecular formula is C16H19F3N2O4. The van der Waals surface area contributed by atoms with E-state index in [0.717, 1.165) is 0 Å². The van der Waals surface area contributed by atoms with Gasteiger partial charge in [-0.1, -0.05) is 12.1 Å². The standard InChI is InChI=1S/C16H19F3N2O4/c1-2-24-13-8-4-3-6-11(13)15(23)21-9-5-7-12(21)14(22)20-25-10-16(17,18)19/h3-4,6,8,12H,2,5,7,9-10H2,1H3,(H,20,22). The molecule has 1 aromatic rings. The molecule has 138 valence electrons. The van der Waals surface area contributed by atoms with Crippen LogP contribution in [0.2, 0.25) is 0 Å². The molecule has 1 N–H and O–H groups in total. The number of para-hydroxylation sites is 1. The average Bonchev–Trinajstić information content (AvgIpc) is 3.03. The zero-order valence-corrected chi connectivity index (χ0v) is 13.6. The Balaban J connectivity index is 2.05. The quantitative estimate of drug-likeness (QED) is 0.791. The molecule has 0 aliphatic carbocycles. The Bertz CT molecular complexity index is 622. The van der Waals surface area contributed by atoms with E-state index in [0.29, 0.717) is 37.3 Å². The fourth-order valence-electron chi connectivity index (χ4n) is 2.62. The SMILES string of the molecule is CCOc1ccccc1C(=O)N1CCCC1C(=O)NOCC(F)(F)F. The van der Waals surface area contributed by atoms with Crippen molar-refractivity contribution < 1.29 is 32.3 Å². The van der Waals surface area contributed by atoms with Crippen molar-refractivity contribution in [3.63, 3.8) is 0 Å². The van der Waals surface area contributed by atoms with Crippen LogP contribution in [-0.2, 0) is 9.63 Å². The third-order valence-electron chi connectivity index (χ3n) is 3.64. The van der Waals surface area contributed by atoms with Crippen molar-refractivity contribution in [2.45, 2.75) is 32.0 Å². The van der Waals surface area contributed by atoms with Crippen molar-refractivity contribution in [2.24, 2.45) is 0 Å². The summed E-state index contributed by atoms with van der Waals surface area (Å²) in [6, 6.07) is 5.75. The molecule has 25 heavy (non-hydrogen) atoms. The fourth-order valence-corrected chi connectivity index (χ4v) is 2.62. The molecule has 1 unspecified atom stereocenters. The van der Waals surface area contributed by atoms with Gasteiger partial charge >= 0.3 is 6.18 Å². The smallest absolute Gasteiger partial charge is 0.414 e. The Labute approximate surface area is 142 Å². The molecule has 2 rings (SSSR count). The van der Waals surface area contributed by atoms with E-state index in [1.807, 2.05) is 0 Å². The summed E-state index contributed by atoms with van der Waals surface area (Å²) < 4.78 is 41.6. The maximum atomic E-state index is 12.7. The molecule has 0 bridgehead atoms. The summed E-state index contributed by atoms with van der Waals surface area (Å²) in [4.78, 5) is 30.3. The van der Waals surface area contributed by atoms with Gasteiger partial charge in [-0.05, 0) is 31.9 Å². The zero-order chi connectivity index (χ0) is 18.4. The van der Waals surface area contributed by atoms with Crippen LogP contribution in [-0.4, -0.2) is 48.7 Å². The van der Waals surface area contributed by atoms with Crippen molar-refractivity contribution in [3.8, 4) is 5.75 Å². The third-order valence-corrected chi connectivity index (χ3v) is 3.64. The maximum absolute atomic E-state index is 12.7. The van der Waals surface area contributed by atoms with E-state index in [4.69, 9.17) is 4.74 Å². The summed E-state index contributed by atoms with van der Waals surface area (Å²) in [5, 5.41) is 0. The van der Waals surface area contributed by atoms with E-state index >= 15 is 0 Å². The predicted molar refractivity (Wildman–Crippen MR) is 81.8 cm³/mol. The van der Waals surface area contributed by atoms with Gasteiger partial charge < -0.3 is 9.64 Å². The van der Waals surface area contributed by atoms with Crippen LogP contribution >= 0.6 is 0 Å². The first-order chi connectivity index (χ1) is 11.8. The molecule has 1 aliphatic heterocycles. The minimum atomic E-state index is -4.55. The maximum Gasteiger partial charge on any atom is 0.414 e. The van der Waals surface area contributed by atoms with Crippen LogP contribution in [0, 0.1) is 0 Å². The molecule has 0 radical (unpaired) electrons. The van der Waals surface area contributed by atoms with Gasteiger partial charge in [0.25, 0.3) is 11.8 Å². The molecule has 0 aromatic heterocycles. The van der Waals surface area contributed by atoms with E-state index in [1.54, 1.807) is 36.7 Å². The highest BCUT2D eigenvalue weighted by Crippen LogP contribution is 2.25. The average molecular weight is 360 g/mol. The van der Waals surface area contributed by atoms with E-state index < -0.39 is 30.6 Å². The number of amides is 2. The van der Waals surface area contributed by atoms with Crippen molar-refractivity contribution >= 4 is 11.8 Å². The Kier molecular flexibility index (Phi) is 6.24. The number of carbonyl (C=O) groups excluding carboxylic acids is 2. The van der Waals surface area contributed by atoms with Crippen LogP contribution in [0.25, 0.3) is 0 Å². The van der Waals surface area contributed by atoms with Gasteiger partial charge in [0, 0.05) is 6.54 Å². The Hall–Kier alpha value is -2.29. The van der Waals surface area contributed by atoms with E-state index in [-0.39, 0.29) is 0 Å². The molecule has 2 amide bonds. The molecule has 9 heteroatoms. The number of nitrogens with one attached hydrogen (secondary N) is 1. The van der Waals surface area contributed by atoms with Crippen LogP contribution in [0.15, 0.2) is 24.3 Å². The Morgan fingerprint density at radius 3 is 2.72 bits per heavy atom. The van der Waals surface area contributed by atoms with Gasteiger partial charge in [0.15, 0.2) is 6.61 Å². The van der Waals surface area contributed by atoms with Crippen LogP contribution in [0.1, 0.15) is 30.1 Å². The second kappa shape index (κ2) is 8.19. The van der Waals surface area contributed by atoms with Crippen LogP contribution in [0.3, 0.4) is 0 Å². The number of ether oxygens (including phenoxy) is 1. The second-order valence-electron chi connectivity index (χ2n) is 5.46. The molecule has 0 saturated carbocycles. The molecule has 1 aliphatic rings. The largest absolute Gasteiger partial charge is 0.493 e. The van der Waals surface area contributed by atoms with Gasteiger partial charge in [-0.2, -0.15) is 13.2 Å². The number of hydroxylamine groups is 1. The zero-order valence-electron chi connectivity index (χ0n) is 13.6. The lowest BCUT2D eigenvalue weighted by molar-refractivity contribution is -0.192. The van der Waals surface area contributed by atoms with Gasteiger partial charge in [0.05, 0.1) is 12.2 Å². The normalized spacial score (nSPS) is 17.4. The minimum absolute atomic E-state index is 0.306. The number of likely N-dealkylation sites (tertiary alicyclic amines) is 1. The lowest BCUT2D eigenvalue weighted by Gasteiger charge is -2.24. The summed E-state index contributed by atoms with van der Waals surface area (Å²) in [6.45, 7) is 0.897. The third kappa shape index (κ3) is 5.09. The highest BCUT2D eigenvalue weighted by Gasteiger charge is 2.36. The molecule has 1 heterocycles. The van der Waals surface area contributed by atoms with Gasteiger partial charge in [-0.3, -0.25) is 14.4 Å². The first-order valence-corrected chi connectivity index (χ1v) is 7.84. The number of nitrogens with zero attached hydrogens (tertiary/aromatic N) is 1. The number of alkyl halides is 3. The van der Waals surface area contributed by atoms with E-state index in [9.17, 15) is 22.8 Å². The molecule has 1 aromatic carbocycles. The van der Waals surface area contributed by atoms with Crippen LogP contribution < -0.4 is 10.2 Å². The topological polar surface area (TPSA) is 67.9 Å². The van der Waals surface area contributed by atoms with Crippen LogP contribution in [0.5, 0.6) is 5.75 Å². The van der Waals surface area contributed by atoms with Crippen molar-refractivity contribution in [2.75, 3.05) is 19.8 Å². The Morgan fingerprint density at radius 1 is 1.32 bits per heavy atom. The first kappa shape index (κ1) is 19.0. The molecule has 0 spiro atoms. The van der Waals surface area contributed by atoms with Gasteiger partial charge in [0.2, 0.25) is 0 Å². The summed E-state index contributed by atoms with van der Waals surface area (Å²) in [6.07, 6.45) is -3.63. The lowest BCUT2D eigenvalue weighted by Crippen LogP contribution is -2.46. The highest BCUT2D eigenvalue weighted by molar-refractivity contribution is 5.99. The molecular weight excluding hydrogens is 341 g/mol. The van der Waals surface area contributed by atoms with Crippen molar-refractivity contribution in [1.29, 1.82) is 0 Å². The number of carbonyl (C=O) groups is 2. The first-order valence-electron chi connectivity index (χ1n) is 7.84. The summed E-state index contributed by atoms with van der Waals surface area (Å²) in [5.74, 6) is -0.782. The highest BCUT2D eigenvalue weighted by atomic mass is 19.4. The molecule has 1 atom stereocenters. The summed E-state index contributed by atoms with van der Waals surface area (Å²) in [7, 11) is 0. The summed E-state index contributed by atoms with van der Waals surface area (Å²) in [5.41, 5.74) is 2.08. The molecule has 1 fully saturated rings. The monoisotopic (exact) mass is 360 g/mol. The lowest BCUT2D eigenvalue weighted by atomic mass is 10.1. The Morgan fingerprint density at radius 2 is 2.04 bits per heavy atom. The number of hydrogen-bond donors (Lipinski definition) is 1. The predicted octanol–water partition coefficient (Wildman–Crippen LogP) is 2.30. The van der Waals surface area contributed by atoms with E-state index in [2.05, 4.69) is 4.84 Å². The van der Waals surface area contributed by atoms with Crippen molar-refractivity contribution in [1.82, 2.24) is 10.4 Å². The number of rotatable bonds is 6. The number of benzene rings is 1. The molecule has 1 saturated heterocycles. The number of halogens is 3. The van der Waals surface area contributed by atoms with Gasteiger partial charge in [-0.25, -0.2) is 5.48 Å². The number of hydrogen-bond acceptors (Lipinski definition) is 4. The van der Waals surface area contributed by atoms with Gasteiger partial charge in [0.1, 0.15) is 11.8 Å². The van der Waals surface area contributed by atoms with Crippen molar-refractivity contribution in [3.05, 3.63) is 29.8 Å². The second-order valence-corrected chi connectivity index (χ2v) is 5.46. The summed E-state index contributed by atoms with van der Waals surface area (Å²) >= 11 is 0. The fraction of sp³-hybridized carbons (Fsp3) is 0.500. The van der Waals surface area contributed by atoms with Crippen LogP contribution in [0.4, 0.5) is 13.2 Å². The minimum Gasteiger partial charge on any atom is -0.493 e. The van der Waals surface area contributed by atoms with E-state index in [1.165, 1.54) is 4.90 Å².